The van der Waals surface area contributed by atoms with E-state index in [4.69, 9.17) is 16.3 Å². The van der Waals surface area contributed by atoms with Crippen molar-refractivity contribution in [3.63, 3.8) is 0 Å². The van der Waals surface area contributed by atoms with Crippen molar-refractivity contribution in [1.29, 1.82) is 0 Å². The lowest BCUT2D eigenvalue weighted by molar-refractivity contribution is 0.390. The zero-order valence-corrected chi connectivity index (χ0v) is 15.6. The molecule has 0 aliphatic carbocycles. The Morgan fingerprint density at radius 2 is 1.79 bits per heavy atom. The maximum atomic E-state index is 6.18. The number of alkyl halides is 1. The number of rotatable bonds is 7. The second-order valence-corrected chi connectivity index (χ2v) is 7.03. The quantitative estimate of drug-likeness (QED) is 0.449. The minimum absolute atomic E-state index is 0.275. The molecule has 108 valence electrons. The van der Waals surface area contributed by atoms with Gasteiger partial charge >= 0.3 is 0 Å². The Morgan fingerprint density at radius 1 is 1.21 bits per heavy atom. The fourth-order valence-corrected chi connectivity index (χ4v) is 4.30. The molecule has 0 bridgehead atoms. The molecule has 1 aromatic rings. The molecule has 0 N–H and O–H groups in total. The van der Waals surface area contributed by atoms with Crippen LogP contribution in [-0.2, 0) is 0 Å². The summed E-state index contributed by atoms with van der Waals surface area (Å²) in [6, 6.07) is 3.88. The van der Waals surface area contributed by atoms with Gasteiger partial charge in [0.25, 0.3) is 0 Å². The van der Waals surface area contributed by atoms with Crippen molar-refractivity contribution in [3.8, 4) is 5.75 Å². The van der Waals surface area contributed by atoms with Crippen LogP contribution in [0.5, 0.6) is 5.75 Å². The molecule has 1 nitrogen and oxygen atoms in total. The minimum Gasteiger partial charge on any atom is -0.495 e. The Bertz CT molecular complexity index is 403. The van der Waals surface area contributed by atoms with Crippen molar-refractivity contribution >= 4 is 43.5 Å². The normalized spacial score (nSPS) is 12.8. The van der Waals surface area contributed by atoms with Gasteiger partial charge in [0.2, 0.25) is 0 Å². The fraction of sp³-hybridized carbons (Fsp3) is 0.600. The van der Waals surface area contributed by atoms with Crippen LogP contribution in [0.3, 0.4) is 0 Å². The first-order valence-corrected chi connectivity index (χ1v) is 8.80. The Hall–Kier alpha value is 0.270. The number of hydrogen-bond acceptors (Lipinski definition) is 1. The van der Waals surface area contributed by atoms with E-state index in [1.165, 1.54) is 25.7 Å². The van der Waals surface area contributed by atoms with Crippen LogP contribution in [0.25, 0.3) is 0 Å². The predicted molar refractivity (Wildman–Crippen MR) is 90.7 cm³/mol. The number of hydrogen-bond donors (Lipinski definition) is 0. The van der Waals surface area contributed by atoms with Crippen LogP contribution in [0.2, 0.25) is 5.02 Å². The second-order valence-electron chi connectivity index (χ2n) is 4.75. The zero-order valence-electron chi connectivity index (χ0n) is 11.7. The Kier molecular flexibility index (Phi) is 7.78. The zero-order chi connectivity index (χ0) is 14.4. The molecule has 0 aliphatic heterocycles. The van der Waals surface area contributed by atoms with E-state index in [0.717, 1.165) is 20.8 Å². The molecule has 0 saturated heterocycles. The third-order valence-corrected chi connectivity index (χ3v) is 5.32. The monoisotopic (exact) mass is 410 g/mol. The molecule has 0 fully saturated rings. The van der Waals surface area contributed by atoms with Gasteiger partial charge in [0.05, 0.1) is 11.6 Å². The van der Waals surface area contributed by atoms with Gasteiger partial charge in [-0.3, -0.25) is 0 Å². The standard InChI is InChI=1S/C15H21Br2ClO/c1-4-6-10(7-5-2)14(17)12-8-11(18)9-13(16)15(12)19-3/h8-10,14H,4-7H2,1-3H3. The second kappa shape index (κ2) is 8.53. The average Bonchev–Trinajstić information content (AvgIpc) is 2.37. The maximum absolute atomic E-state index is 6.18. The topological polar surface area (TPSA) is 9.23 Å². The summed E-state index contributed by atoms with van der Waals surface area (Å²) in [5.41, 5.74) is 1.13. The molecule has 0 saturated carbocycles. The summed E-state index contributed by atoms with van der Waals surface area (Å²) < 4.78 is 6.43. The van der Waals surface area contributed by atoms with Gasteiger partial charge in [-0.25, -0.2) is 0 Å². The third-order valence-electron chi connectivity index (χ3n) is 3.27. The van der Waals surface area contributed by atoms with Crippen LogP contribution in [-0.4, -0.2) is 7.11 Å². The van der Waals surface area contributed by atoms with E-state index in [2.05, 4.69) is 45.7 Å². The molecule has 1 aromatic carbocycles. The molecular formula is C15H21Br2ClO. The Balaban J connectivity index is 3.11. The Morgan fingerprint density at radius 3 is 2.26 bits per heavy atom. The van der Waals surface area contributed by atoms with E-state index in [9.17, 15) is 0 Å². The lowest BCUT2D eigenvalue weighted by Gasteiger charge is -2.24. The number of benzene rings is 1. The molecule has 1 rings (SSSR count). The largest absolute Gasteiger partial charge is 0.495 e. The van der Waals surface area contributed by atoms with Gasteiger partial charge in [0, 0.05) is 15.4 Å². The summed E-state index contributed by atoms with van der Waals surface area (Å²) in [5, 5.41) is 0.735. The summed E-state index contributed by atoms with van der Waals surface area (Å²) >= 11 is 13.6. The van der Waals surface area contributed by atoms with E-state index in [1.807, 2.05) is 12.1 Å². The van der Waals surface area contributed by atoms with Crippen molar-refractivity contribution in [3.05, 3.63) is 27.2 Å². The molecule has 0 aromatic heterocycles. The van der Waals surface area contributed by atoms with Crippen LogP contribution in [0.4, 0.5) is 0 Å². The van der Waals surface area contributed by atoms with Crippen molar-refractivity contribution in [1.82, 2.24) is 0 Å². The first-order chi connectivity index (χ1) is 9.04. The van der Waals surface area contributed by atoms with Gasteiger partial charge in [0.1, 0.15) is 5.75 Å². The molecule has 0 aliphatic rings. The van der Waals surface area contributed by atoms with E-state index < -0.39 is 0 Å². The highest BCUT2D eigenvalue weighted by Gasteiger charge is 2.24. The van der Waals surface area contributed by atoms with E-state index in [1.54, 1.807) is 7.11 Å². The summed E-state index contributed by atoms with van der Waals surface area (Å²) in [6.07, 6.45) is 4.79. The molecule has 1 atom stereocenters. The lowest BCUT2D eigenvalue weighted by Crippen LogP contribution is -2.09. The third kappa shape index (κ3) is 4.64. The molecule has 0 spiro atoms. The summed E-state index contributed by atoms with van der Waals surface area (Å²) in [4.78, 5) is 0.275. The number of halogens is 3. The van der Waals surface area contributed by atoms with Crippen molar-refractivity contribution in [2.45, 2.75) is 44.4 Å². The summed E-state index contributed by atoms with van der Waals surface area (Å²) in [5.74, 6) is 1.48. The van der Waals surface area contributed by atoms with Crippen LogP contribution in [0.15, 0.2) is 16.6 Å². The van der Waals surface area contributed by atoms with Crippen LogP contribution >= 0.6 is 43.5 Å². The first kappa shape index (κ1) is 17.3. The molecule has 0 amide bonds. The highest BCUT2D eigenvalue weighted by atomic mass is 79.9. The SMILES string of the molecule is CCCC(CCC)C(Br)c1cc(Cl)cc(Br)c1OC. The van der Waals surface area contributed by atoms with Gasteiger partial charge in [0.15, 0.2) is 0 Å². The molecule has 4 heteroatoms. The van der Waals surface area contributed by atoms with E-state index in [0.29, 0.717) is 5.92 Å². The van der Waals surface area contributed by atoms with Gasteiger partial charge in [-0.2, -0.15) is 0 Å². The minimum atomic E-state index is 0.275. The summed E-state index contributed by atoms with van der Waals surface area (Å²) in [6.45, 7) is 4.46. The average molecular weight is 413 g/mol. The molecule has 0 heterocycles. The number of methoxy groups -OCH3 is 1. The van der Waals surface area contributed by atoms with Gasteiger partial charge in [-0.05, 0) is 46.8 Å². The smallest absolute Gasteiger partial charge is 0.137 e. The number of ether oxygens (including phenoxy) is 1. The highest BCUT2D eigenvalue weighted by Crippen LogP contribution is 2.44. The van der Waals surface area contributed by atoms with E-state index >= 15 is 0 Å². The van der Waals surface area contributed by atoms with Crippen molar-refractivity contribution < 1.29 is 4.74 Å². The van der Waals surface area contributed by atoms with Crippen molar-refractivity contribution in [2.24, 2.45) is 5.92 Å². The lowest BCUT2D eigenvalue weighted by atomic mass is 9.90. The molecule has 19 heavy (non-hydrogen) atoms. The Labute approximate surface area is 138 Å². The van der Waals surface area contributed by atoms with Crippen LogP contribution < -0.4 is 4.74 Å². The van der Waals surface area contributed by atoms with Gasteiger partial charge in [-0.15, -0.1) is 0 Å². The predicted octanol–water partition coefficient (Wildman–Crippen LogP) is 6.76. The van der Waals surface area contributed by atoms with Gasteiger partial charge < -0.3 is 4.74 Å². The molecular weight excluding hydrogens is 391 g/mol. The maximum Gasteiger partial charge on any atom is 0.137 e. The molecule has 1 unspecified atom stereocenters. The van der Waals surface area contributed by atoms with Crippen molar-refractivity contribution in [2.75, 3.05) is 7.11 Å². The first-order valence-electron chi connectivity index (χ1n) is 6.72. The molecule has 0 radical (unpaired) electrons. The van der Waals surface area contributed by atoms with Crippen LogP contribution in [0.1, 0.15) is 49.9 Å². The summed E-state index contributed by atoms with van der Waals surface area (Å²) in [7, 11) is 1.70. The van der Waals surface area contributed by atoms with E-state index in [-0.39, 0.29) is 4.83 Å². The highest BCUT2D eigenvalue weighted by molar-refractivity contribution is 9.10. The van der Waals surface area contributed by atoms with Crippen LogP contribution in [0, 0.1) is 5.92 Å². The fourth-order valence-electron chi connectivity index (χ4n) is 2.43. The van der Waals surface area contributed by atoms with Gasteiger partial charge in [-0.1, -0.05) is 54.2 Å².